The van der Waals surface area contributed by atoms with Crippen LogP contribution in [0.2, 0.25) is 0 Å². The van der Waals surface area contributed by atoms with Gasteiger partial charge in [0, 0.05) is 38.4 Å². The summed E-state index contributed by atoms with van der Waals surface area (Å²) in [6.07, 6.45) is 0. The average molecular weight is 500 g/mol. The smallest absolute Gasteiger partial charge is 0.0697 e. The minimum atomic E-state index is 1.08. The fourth-order valence-corrected chi connectivity index (χ4v) is 6.01. The Balaban J connectivity index is 1.54. The molecule has 6 aromatic carbocycles. The average Bonchev–Trinajstić information content (AvgIpc) is 3.32. The fraction of sp³-hybridized carbons (Fsp3) is 0. The maximum atomic E-state index is 3.73. The molecule has 0 bridgehead atoms. The molecule has 39 heavy (non-hydrogen) atoms. The van der Waals surface area contributed by atoms with Crippen LogP contribution in [0.25, 0.3) is 66.0 Å². The molecule has 0 aliphatic rings. The van der Waals surface area contributed by atoms with Crippen molar-refractivity contribution in [3.8, 4) is 11.4 Å². The minimum Gasteiger partial charge on any atom is -0.353 e. The molecular formula is C36H25N3. The van der Waals surface area contributed by atoms with E-state index in [1.165, 1.54) is 38.3 Å². The molecule has 0 aliphatic heterocycles. The van der Waals surface area contributed by atoms with Crippen LogP contribution in [0.15, 0.2) is 146 Å². The molecule has 0 aliphatic carbocycles. The highest BCUT2D eigenvalue weighted by Crippen LogP contribution is 2.35. The Kier molecular flexibility index (Phi) is 4.82. The van der Waals surface area contributed by atoms with Gasteiger partial charge in [-0.1, -0.05) is 84.9 Å². The van der Waals surface area contributed by atoms with Gasteiger partial charge in [0.05, 0.1) is 27.6 Å². The molecule has 1 N–H and O–H groups in total. The lowest BCUT2D eigenvalue weighted by Gasteiger charge is -2.16. The van der Waals surface area contributed by atoms with Crippen LogP contribution in [0, 0.1) is 0 Å². The van der Waals surface area contributed by atoms with Gasteiger partial charge in [0.15, 0.2) is 0 Å². The molecule has 0 spiro atoms. The van der Waals surface area contributed by atoms with E-state index in [4.69, 9.17) is 0 Å². The normalized spacial score (nSPS) is 11.6. The summed E-state index contributed by atoms with van der Waals surface area (Å²) < 4.78 is 4.75. The third kappa shape index (κ3) is 3.37. The first kappa shape index (κ1) is 21.8. The minimum absolute atomic E-state index is 1.08. The summed E-state index contributed by atoms with van der Waals surface area (Å²) in [5.74, 6) is 0. The summed E-state index contributed by atoms with van der Waals surface area (Å²) in [4.78, 5) is 3.73. The lowest BCUT2D eigenvalue weighted by molar-refractivity contribution is 1.16. The number of nitrogens with zero attached hydrogens (tertiary/aromatic N) is 2. The summed E-state index contributed by atoms with van der Waals surface area (Å²) in [5, 5.41) is 4.86. The van der Waals surface area contributed by atoms with E-state index < -0.39 is 0 Å². The van der Waals surface area contributed by atoms with E-state index in [-0.39, 0.29) is 0 Å². The van der Waals surface area contributed by atoms with Crippen LogP contribution in [0.3, 0.4) is 0 Å². The molecule has 3 nitrogen and oxygen atoms in total. The highest BCUT2D eigenvalue weighted by molar-refractivity contribution is 6.10. The number of nitrogens with one attached hydrogen (secondary N) is 1. The first-order chi connectivity index (χ1) is 19.4. The number of hydrogen-bond acceptors (Lipinski definition) is 0. The van der Waals surface area contributed by atoms with Crippen molar-refractivity contribution in [2.45, 2.75) is 0 Å². The second kappa shape index (κ2) is 8.64. The zero-order chi connectivity index (χ0) is 25.8. The van der Waals surface area contributed by atoms with Gasteiger partial charge < -0.3 is 14.1 Å². The molecule has 0 fully saturated rings. The number of H-pyrrole nitrogens is 1. The summed E-state index contributed by atoms with van der Waals surface area (Å²) >= 11 is 0. The number of hydrogen-bond donors (Lipinski definition) is 1. The molecule has 8 rings (SSSR count). The van der Waals surface area contributed by atoms with E-state index in [0.29, 0.717) is 0 Å². The van der Waals surface area contributed by atoms with Gasteiger partial charge in [0.1, 0.15) is 0 Å². The van der Waals surface area contributed by atoms with E-state index in [2.05, 4.69) is 160 Å². The molecule has 2 aromatic heterocycles. The summed E-state index contributed by atoms with van der Waals surface area (Å²) in [5.41, 5.74) is 9.15. The molecule has 0 unspecified atom stereocenters. The lowest BCUT2D eigenvalue weighted by atomic mass is 10.1. The molecule has 0 atom stereocenters. The third-order valence-corrected chi connectivity index (χ3v) is 7.71. The topological polar surface area (TPSA) is 25.6 Å². The number of benzene rings is 6. The van der Waals surface area contributed by atoms with E-state index in [9.17, 15) is 0 Å². The molecule has 0 amide bonds. The van der Waals surface area contributed by atoms with Gasteiger partial charge in [-0.15, -0.1) is 0 Å². The monoisotopic (exact) mass is 499 g/mol. The molecular weight excluding hydrogens is 474 g/mol. The van der Waals surface area contributed by atoms with Crippen molar-refractivity contribution in [2.24, 2.45) is 0 Å². The maximum Gasteiger partial charge on any atom is 0.0697 e. The van der Waals surface area contributed by atoms with Crippen LogP contribution >= 0.6 is 0 Å². The van der Waals surface area contributed by atoms with Crippen LogP contribution in [0.5, 0.6) is 0 Å². The van der Waals surface area contributed by atoms with E-state index >= 15 is 0 Å². The molecule has 0 saturated heterocycles. The van der Waals surface area contributed by atoms with Crippen LogP contribution in [0.4, 0.5) is 0 Å². The van der Waals surface area contributed by atoms with Gasteiger partial charge in [-0.2, -0.15) is 0 Å². The van der Waals surface area contributed by atoms with Crippen molar-refractivity contribution >= 4 is 54.6 Å². The molecule has 3 heteroatoms. The summed E-state index contributed by atoms with van der Waals surface area (Å²) in [7, 11) is 0. The number of fused-ring (bicyclic) bond motifs is 7. The van der Waals surface area contributed by atoms with Crippen molar-refractivity contribution in [1.82, 2.24) is 14.1 Å². The molecule has 0 saturated carbocycles. The van der Waals surface area contributed by atoms with E-state index in [1.807, 2.05) is 0 Å². The zero-order valence-corrected chi connectivity index (χ0v) is 21.3. The Morgan fingerprint density at radius 3 is 1.59 bits per heavy atom. The second-order valence-corrected chi connectivity index (χ2v) is 9.93. The van der Waals surface area contributed by atoms with E-state index in [0.717, 1.165) is 27.8 Å². The van der Waals surface area contributed by atoms with Crippen molar-refractivity contribution in [3.05, 3.63) is 146 Å². The van der Waals surface area contributed by atoms with Crippen LogP contribution in [-0.4, -0.2) is 14.1 Å². The predicted octanol–water partition coefficient (Wildman–Crippen LogP) is 9.49. The number of rotatable bonds is 2. The first-order valence-corrected chi connectivity index (χ1v) is 13.3. The highest BCUT2D eigenvalue weighted by atomic mass is 15.0. The van der Waals surface area contributed by atoms with Crippen molar-refractivity contribution in [3.63, 3.8) is 0 Å². The van der Waals surface area contributed by atoms with E-state index in [1.54, 1.807) is 0 Å². The number of para-hydroxylation sites is 6. The fourth-order valence-electron chi connectivity index (χ4n) is 6.01. The predicted molar refractivity (Wildman–Crippen MR) is 165 cm³/mol. The van der Waals surface area contributed by atoms with Crippen molar-refractivity contribution < 1.29 is 0 Å². The molecule has 0 radical (unpaired) electrons. The van der Waals surface area contributed by atoms with Gasteiger partial charge in [-0.05, 0) is 60.7 Å². The SMILES string of the molecule is c1ccc(-n2c3ccccc3c3cc(-n4c5ccccc5[nH]c5ccccc5c5ccccc54)ccc32)cc1. The van der Waals surface area contributed by atoms with Crippen LogP contribution < -0.4 is 0 Å². The molecule has 8 aromatic rings. The Morgan fingerprint density at radius 1 is 0.333 bits per heavy atom. The number of aromatic nitrogens is 3. The van der Waals surface area contributed by atoms with Gasteiger partial charge in [0.25, 0.3) is 0 Å². The molecule has 2 heterocycles. The van der Waals surface area contributed by atoms with Crippen LogP contribution in [-0.2, 0) is 0 Å². The Hall–Kier alpha value is -5.28. The zero-order valence-electron chi connectivity index (χ0n) is 21.3. The Labute approximate surface area is 225 Å². The maximum absolute atomic E-state index is 3.73. The van der Waals surface area contributed by atoms with Gasteiger partial charge >= 0.3 is 0 Å². The Bertz CT molecular complexity index is 2230. The Morgan fingerprint density at radius 2 is 0.846 bits per heavy atom. The van der Waals surface area contributed by atoms with Gasteiger partial charge in [-0.3, -0.25) is 0 Å². The van der Waals surface area contributed by atoms with Gasteiger partial charge in [-0.25, -0.2) is 0 Å². The van der Waals surface area contributed by atoms with Crippen LogP contribution in [0.1, 0.15) is 0 Å². The van der Waals surface area contributed by atoms with Gasteiger partial charge in [0.2, 0.25) is 0 Å². The number of aromatic amines is 1. The standard InChI is InChI=1S/C36H25N3/c1-2-12-25(13-3-1)38-34-20-10-6-16-29(34)30-24-26(22-23-35(30)38)39-33-19-9-5-15-28(33)27-14-4-7-17-31(27)37-32-18-8-11-21-36(32)39/h1-24,37H. The van der Waals surface area contributed by atoms with Crippen molar-refractivity contribution in [1.29, 1.82) is 0 Å². The third-order valence-electron chi connectivity index (χ3n) is 7.71. The summed E-state index contributed by atoms with van der Waals surface area (Å²) in [6.45, 7) is 0. The molecule has 184 valence electrons. The first-order valence-electron chi connectivity index (χ1n) is 13.3. The highest BCUT2D eigenvalue weighted by Gasteiger charge is 2.14. The largest absolute Gasteiger partial charge is 0.353 e. The summed E-state index contributed by atoms with van der Waals surface area (Å²) in [6, 6.07) is 52.0. The van der Waals surface area contributed by atoms with Crippen molar-refractivity contribution in [2.75, 3.05) is 0 Å². The lowest BCUT2D eigenvalue weighted by Crippen LogP contribution is -2.00. The second-order valence-electron chi connectivity index (χ2n) is 9.93. The quantitative estimate of drug-likeness (QED) is 0.245.